The number of aryl methyl sites for hydroxylation is 1. The van der Waals surface area contributed by atoms with Gasteiger partial charge in [-0.3, -0.25) is 4.79 Å². The molecule has 2 aromatic carbocycles. The van der Waals surface area contributed by atoms with Crippen molar-refractivity contribution < 1.29 is 14.6 Å². The van der Waals surface area contributed by atoms with Crippen LogP contribution < -0.4 is 10.5 Å². The van der Waals surface area contributed by atoms with Crippen LogP contribution in [0.4, 0.5) is 5.69 Å². The largest absolute Gasteiger partial charge is 0.481 e. The predicted octanol–water partition coefficient (Wildman–Crippen LogP) is 4.60. The summed E-state index contributed by atoms with van der Waals surface area (Å²) in [5.41, 5.74) is 7.22. The van der Waals surface area contributed by atoms with Crippen molar-refractivity contribution in [3.8, 4) is 11.5 Å². The number of ether oxygens (including phenoxy) is 1. The number of carboxylic acids is 1. The molecule has 110 valence electrons. The average molecular weight is 415 g/mol. The minimum atomic E-state index is -0.815. The molecule has 0 radical (unpaired) electrons. The van der Waals surface area contributed by atoms with Crippen LogP contribution in [0.1, 0.15) is 12.0 Å². The highest BCUT2D eigenvalue weighted by molar-refractivity contribution is 9.11. The summed E-state index contributed by atoms with van der Waals surface area (Å²) < 4.78 is 7.33. The van der Waals surface area contributed by atoms with Crippen LogP contribution in [0.3, 0.4) is 0 Å². The van der Waals surface area contributed by atoms with E-state index in [1.165, 1.54) is 0 Å². The van der Waals surface area contributed by atoms with Crippen molar-refractivity contribution in [1.29, 1.82) is 0 Å². The fourth-order valence-corrected chi connectivity index (χ4v) is 3.20. The van der Waals surface area contributed by atoms with Crippen LogP contribution in [-0.4, -0.2) is 11.1 Å². The van der Waals surface area contributed by atoms with Gasteiger partial charge in [0.2, 0.25) is 0 Å². The van der Waals surface area contributed by atoms with Crippen LogP contribution in [0.2, 0.25) is 0 Å². The molecule has 0 saturated heterocycles. The molecule has 0 bridgehead atoms. The van der Waals surface area contributed by atoms with Crippen LogP contribution in [0.5, 0.6) is 11.5 Å². The molecule has 0 aliphatic heterocycles. The van der Waals surface area contributed by atoms with Crippen molar-refractivity contribution in [3.05, 3.63) is 50.9 Å². The molecule has 0 aromatic heterocycles. The molecule has 0 aliphatic rings. The third-order valence-electron chi connectivity index (χ3n) is 2.79. The van der Waals surface area contributed by atoms with E-state index in [-0.39, 0.29) is 6.42 Å². The van der Waals surface area contributed by atoms with Gasteiger partial charge >= 0.3 is 5.97 Å². The van der Waals surface area contributed by atoms with Gasteiger partial charge in [-0.1, -0.05) is 0 Å². The molecule has 0 atom stereocenters. The van der Waals surface area contributed by atoms with Gasteiger partial charge in [-0.2, -0.15) is 0 Å². The van der Waals surface area contributed by atoms with Crippen LogP contribution >= 0.6 is 31.9 Å². The molecule has 2 aromatic rings. The fraction of sp³-hybridized carbons (Fsp3) is 0.133. The van der Waals surface area contributed by atoms with Gasteiger partial charge in [-0.15, -0.1) is 0 Å². The molecule has 2 rings (SSSR count). The highest BCUT2D eigenvalue weighted by atomic mass is 79.9. The molecule has 0 heterocycles. The minimum absolute atomic E-state index is 0.0943. The first-order chi connectivity index (χ1) is 9.95. The van der Waals surface area contributed by atoms with Crippen molar-refractivity contribution in [1.82, 2.24) is 0 Å². The monoisotopic (exact) mass is 413 g/mol. The van der Waals surface area contributed by atoms with Gasteiger partial charge in [0.15, 0.2) is 5.75 Å². The first kappa shape index (κ1) is 15.9. The number of rotatable bonds is 5. The maximum atomic E-state index is 10.6. The first-order valence-electron chi connectivity index (χ1n) is 6.19. The lowest BCUT2D eigenvalue weighted by Gasteiger charge is -2.12. The smallest absolute Gasteiger partial charge is 0.303 e. The van der Waals surface area contributed by atoms with E-state index in [2.05, 4.69) is 31.9 Å². The Balaban J connectivity index is 2.20. The number of nitrogen functional groups attached to an aromatic ring is 1. The lowest BCUT2D eigenvalue weighted by Crippen LogP contribution is -1.98. The number of hydrogen-bond donors (Lipinski definition) is 2. The molecule has 0 amide bonds. The molecule has 21 heavy (non-hydrogen) atoms. The molecule has 6 heteroatoms. The van der Waals surface area contributed by atoms with E-state index in [1.807, 2.05) is 12.1 Å². The Morgan fingerprint density at radius 3 is 2.24 bits per heavy atom. The van der Waals surface area contributed by atoms with Crippen molar-refractivity contribution in [2.75, 3.05) is 5.73 Å². The third kappa shape index (κ3) is 4.47. The summed E-state index contributed by atoms with van der Waals surface area (Å²) >= 11 is 6.90. The van der Waals surface area contributed by atoms with E-state index >= 15 is 0 Å². The lowest BCUT2D eigenvalue weighted by molar-refractivity contribution is -0.136. The summed E-state index contributed by atoms with van der Waals surface area (Å²) in [5, 5.41) is 8.73. The number of nitrogens with two attached hydrogens (primary N) is 1. The maximum Gasteiger partial charge on any atom is 0.303 e. The summed E-state index contributed by atoms with van der Waals surface area (Å²) in [6.45, 7) is 0. The van der Waals surface area contributed by atoms with Crippen molar-refractivity contribution in [3.63, 3.8) is 0 Å². The van der Waals surface area contributed by atoms with E-state index in [4.69, 9.17) is 15.6 Å². The van der Waals surface area contributed by atoms with Gasteiger partial charge in [-0.25, -0.2) is 0 Å². The van der Waals surface area contributed by atoms with Crippen molar-refractivity contribution >= 4 is 43.5 Å². The van der Waals surface area contributed by atoms with Crippen LogP contribution in [-0.2, 0) is 11.2 Å². The SMILES string of the molecule is Nc1ccc(Oc2c(Br)cc(CCC(=O)O)cc2Br)cc1. The van der Waals surface area contributed by atoms with E-state index in [9.17, 15) is 4.79 Å². The number of hydrogen-bond acceptors (Lipinski definition) is 3. The molecule has 0 fully saturated rings. The van der Waals surface area contributed by atoms with Gasteiger partial charge in [0.1, 0.15) is 5.75 Å². The third-order valence-corrected chi connectivity index (χ3v) is 3.96. The second kappa shape index (κ2) is 6.95. The number of benzene rings is 2. The standard InChI is InChI=1S/C15H13Br2NO3/c16-12-7-9(1-6-14(19)20)8-13(17)15(12)21-11-4-2-10(18)3-5-11/h2-5,7-8H,1,6,18H2,(H,19,20). The van der Waals surface area contributed by atoms with Crippen molar-refractivity contribution in [2.45, 2.75) is 12.8 Å². The fourth-order valence-electron chi connectivity index (χ4n) is 1.76. The Morgan fingerprint density at radius 1 is 1.14 bits per heavy atom. The van der Waals surface area contributed by atoms with Gasteiger partial charge < -0.3 is 15.6 Å². The molecule has 0 saturated carbocycles. The topological polar surface area (TPSA) is 72.5 Å². The minimum Gasteiger partial charge on any atom is -0.481 e. The second-order valence-corrected chi connectivity index (χ2v) is 6.16. The Bertz CT molecular complexity index is 633. The summed E-state index contributed by atoms with van der Waals surface area (Å²) in [7, 11) is 0. The van der Waals surface area contributed by atoms with E-state index in [0.717, 1.165) is 14.5 Å². The predicted molar refractivity (Wildman–Crippen MR) is 88.7 cm³/mol. The summed E-state index contributed by atoms with van der Waals surface area (Å²) in [6.07, 6.45) is 0.561. The zero-order valence-electron chi connectivity index (χ0n) is 11.0. The average Bonchev–Trinajstić information content (AvgIpc) is 2.42. The molecule has 4 nitrogen and oxygen atoms in total. The zero-order valence-corrected chi connectivity index (χ0v) is 14.1. The van der Waals surface area contributed by atoms with Crippen molar-refractivity contribution in [2.24, 2.45) is 0 Å². The molecular weight excluding hydrogens is 402 g/mol. The lowest BCUT2D eigenvalue weighted by atomic mass is 10.1. The number of aliphatic carboxylic acids is 1. The van der Waals surface area contributed by atoms with Crippen LogP contribution in [0.15, 0.2) is 45.3 Å². The van der Waals surface area contributed by atoms with Gasteiger partial charge in [0.05, 0.1) is 8.95 Å². The summed E-state index contributed by atoms with van der Waals surface area (Å²) in [6, 6.07) is 10.8. The number of anilines is 1. The van der Waals surface area contributed by atoms with Gasteiger partial charge in [0, 0.05) is 12.1 Å². The number of carbonyl (C=O) groups is 1. The van der Waals surface area contributed by atoms with Crippen LogP contribution in [0.25, 0.3) is 0 Å². The molecule has 0 unspecified atom stereocenters. The first-order valence-corrected chi connectivity index (χ1v) is 7.77. The zero-order chi connectivity index (χ0) is 15.4. The number of halogens is 2. The summed E-state index contributed by atoms with van der Waals surface area (Å²) in [4.78, 5) is 10.6. The van der Waals surface area contributed by atoms with Gasteiger partial charge in [0.25, 0.3) is 0 Å². The highest BCUT2D eigenvalue weighted by Gasteiger charge is 2.11. The van der Waals surface area contributed by atoms with E-state index in [1.54, 1.807) is 24.3 Å². The van der Waals surface area contributed by atoms with Crippen LogP contribution in [0, 0.1) is 0 Å². The van der Waals surface area contributed by atoms with Gasteiger partial charge in [-0.05, 0) is 80.2 Å². The number of carboxylic acid groups (broad SMARTS) is 1. The molecule has 3 N–H and O–H groups in total. The molecule has 0 spiro atoms. The summed E-state index contributed by atoms with van der Waals surface area (Å²) in [5.74, 6) is 0.493. The molecule has 0 aliphatic carbocycles. The molecular formula is C15H13Br2NO3. The Kier molecular flexibility index (Phi) is 5.25. The Labute approximate surface area is 139 Å². The Morgan fingerprint density at radius 2 is 1.71 bits per heavy atom. The highest BCUT2D eigenvalue weighted by Crippen LogP contribution is 2.38. The van der Waals surface area contributed by atoms with E-state index < -0.39 is 5.97 Å². The maximum absolute atomic E-state index is 10.6. The Hall–Kier alpha value is -1.53. The quantitative estimate of drug-likeness (QED) is 0.701. The second-order valence-electron chi connectivity index (χ2n) is 4.45. The van der Waals surface area contributed by atoms with E-state index in [0.29, 0.717) is 23.6 Å². The normalized spacial score (nSPS) is 10.4.